The molecule has 6 N–H and O–H groups in total. The van der Waals surface area contributed by atoms with E-state index < -0.39 is 43.1 Å². The minimum Gasteiger partial charge on any atom is -0.508 e. The Kier molecular flexibility index (Phi) is 6.74. The van der Waals surface area contributed by atoms with Crippen molar-refractivity contribution >= 4 is 11.9 Å². The van der Waals surface area contributed by atoms with E-state index in [1.807, 2.05) is 0 Å². The number of hydrogen-bond acceptors (Lipinski definition) is 12. The van der Waals surface area contributed by atoms with Crippen molar-refractivity contribution in [2.24, 2.45) is 0 Å². The van der Waals surface area contributed by atoms with Crippen molar-refractivity contribution in [3.63, 3.8) is 0 Å². The lowest BCUT2D eigenvalue weighted by Crippen LogP contribution is -2.60. The SMILES string of the molecule is COc1cc(/C=C2\Oc3cc(O)cc(O[C@@H]4O[C@H](CO)[C@@H](O)[C@H](O)[C@H]4O)c3C2=O)cc(OC)c1O. The first-order valence-electron chi connectivity index (χ1n) is 10.4. The second-order valence-corrected chi connectivity index (χ2v) is 7.85. The number of carbonyl (C=O) groups is 1. The van der Waals surface area contributed by atoms with Gasteiger partial charge in [0.25, 0.3) is 0 Å². The standard InChI is InChI=1S/C23H24O12/c1-31-13-3-9(4-14(32-2)18(13)26)5-15-19(27)17-11(33-15)6-10(25)7-12(17)34-23-22(30)21(29)20(28)16(8-24)35-23/h3-7,16,20-26,28-30H,8H2,1-2H3/b15-5-/t16-,20-,21+,22-,23-/m1/s1. The second-order valence-electron chi connectivity index (χ2n) is 7.85. The summed E-state index contributed by atoms with van der Waals surface area (Å²) < 4.78 is 26.7. The Morgan fingerprint density at radius 3 is 2.20 bits per heavy atom. The third kappa shape index (κ3) is 4.45. The van der Waals surface area contributed by atoms with E-state index in [0.29, 0.717) is 5.56 Å². The molecule has 12 nitrogen and oxygen atoms in total. The summed E-state index contributed by atoms with van der Waals surface area (Å²) in [4.78, 5) is 13.2. The van der Waals surface area contributed by atoms with Crippen LogP contribution in [0.3, 0.4) is 0 Å². The van der Waals surface area contributed by atoms with E-state index >= 15 is 0 Å². The highest BCUT2D eigenvalue weighted by Gasteiger charge is 2.45. The molecule has 2 heterocycles. The van der Waals surface area contributed by atoms with Gasteiger partial charge in [0, 0.05) is 12.1 Å². The van der Waals surface area contributed by atoms with Gasteiger partial charge in [-0.3, -0.25) is 4.79 Å². The molecule has 12 heteroatoms. The summed E-state index contributed by atoms with van der Waals surface area (Å²) in [6.07, 6.45) is -6.47. The van der Waals surface area contributed by atoms with Crippen LogP contribution in [0.5, 0.6) is 34.5 Å². The van der Waals surface area contributed by atoms with Gasteiger partial charge in [-0.2, -0.15) is 0 Å². The molecule has 0 saturated carbocycles. The van der Waals surface area contributed by atoms with Crippen molar-refractivity contribution in [1.29, 1.82) is 0 Å². The average Bonchev–Trinajstić information content (AvgIpc) is 3.14. The smallest absolute Gasteiger partial charge is 0.235 e. The number of aliphatic hydroxyl groups is 4. The molecule has 35 heavy (non-hydrogen) atoms. The molecule has 4 rings (SSSR count). The van der Waals surface area contributed by atoms with Gasteiger partial charge in [0.05, 0.1) is 20.8 Å². The fraction of sp³-hybridized carbons (Fsp3) is 0.348. The Bertz CT molecular complexity index is 1130. The van der Waals surface area contributed by atoms with Crippen LogP contribution in [0, 0.1) is 0 Å². The summed E-state index contributed by atoms with van der Waals surface area (Å²) in [6.45, 7) is -0.669. The number of ether oxygens (including phenoxy) is 5. The molecule has 2 aliphatic heterocycles. The lowest BCUT2D eigenvalue weighted by atomic mass is 9.99. The Hall–Kier alpha value is -3.55. The van der Waals surface area contributed by atoms with E-state index in [0.717, 1.165) is 6.07 Å². The zero-order chi connectivity index (χ0) is 25.4. The number of Topliss-reactive ketones (excluding diaryl/α,β-unsaturated/α-hetero) is 1. The molecule has 0 bridgehead atoms. The highest BCUT2D eigenvalue weighted by molar-refractivity contribution is 6.16. The number of phenolic OH excluding ortho intramolecular Hbond substituents is 2. The number of rotatable bonds is 6. The minimum absolute atomic E-state index is 0.0430. The zero-order valence-electron chi connectivity index (χ0n) is 18.6. The van der Waals surface area contributed by atoms with Crippen molar-refractivity contribution in [2.45, 2.75) is 30.7 Å². The van der Waals surface area contributed by atoms with Crippen LogP contribution in [-0.4, -0.2) is 88.0 Å². The van der Waals surface area contributed by atoms with Gasteiger partial charge in [-0.1, -0.05) is 0 Å². The number of aliphatic hydroxyl groups excluding tert-OH is 4. The number of aromatic hydroxyl groups is 2. The lowest BCUT2D eigenvalue weighted by molar-refractivity contribution is -0.277. The van der Waals surface area contributed by atoms with E-state index in [1.165, 1.54) is 38.5 Å². The largest absolute Gasteiger partial charge is 0.508 e. The van der Waals surface area contributed by atoms with Crippen LogP contribution in [0.15, 0.2) is 30.0 Å². The van der Waals surface area contributed by atoms with Gasteiger partial charge in [0.2, 0.25) is 17.8 Å². The highest BCUT2D eigenvalue weighted by atomic mass is 16.7. The van der Waals surface area contributed by atoms with Gasteiger partial charge in [-0.15, -0.1) is 0 Å². The number of ketones is 1. The molecular formula is C23H24O12. The molecule has 0 unspecified atom stereocenters. The van der Waals surface area contributed by atoms with Crippen LogP contribution in [0.1, 0.15) is 15.9 Å². The normalized spacial score (nSPS) is 26.9. The summed E-state index contributed by atoms with van der Waals surface area (Å²) in [5, 5.41) is 59.8. The lowest BCUT2D eigenvalue weighted by Gasteiger charge is -2.39. The predicted octanol–water partition coefficient (Wildman–Crippen LogP) is -0.0901. The Morgan fingerprint density at radius 2 is 1.60 bits per heavy atom. The molecule has 2 aromatic rings. The van der Waals surface area contributed by atoms with Gasteiger partial charge in [-0.25, -0.2) is 0 Å². The maximum Gasteiger partial charge on any atom is 0.235 e. The molecule has 0 amide bonds. The maximum absolute atomic E-state index is 13.2. The Morgan fingerprint density at radius 1 is 0.943 bits per heavy atom. The van der Waals surface area contributed by atoms with Gasteiger partial charge < -0.3 is 54.3 Å². The van der Waals surface area contributed by atoms with Crippen molar-refractivity contribution in [3.8, 4) is 34.5 Å². The van der Waals surface area contributed by atoms with Crippen LogP contribution in [-0.2, 0) is 4.74 Å². The van der Waals surface area contributed by atoms with Crippen LogP contribution in [0.2, 0.25) is 0 Å². The van der Waals surface area contributed by atoms with Gasteiger partial charge in [0.15, 0.2) is 17.3 Å². The van der Waals surface area contributed by atoms with Gasteiger partial charge in [0.1, 0.15) is 47.2 Å². The molecule has 2 aliphatic rings. The fourth-order valence-corrected chi connectivity index (χ4v) is 3.79. The highest BCUT2D eigenvalue weighted by Crippen LogP contribution is 2.43. The molecule has 1 fully saturated rings. The van der Waals surface area contributed by atoms with Crippen LogP contribution < -0.4 is 18.9 Å². The Balaban J connectivity index is 1.67. The van der Waals surface area contributed by atoms with Crippen LogP contribution >= 0.6 is 0 Å². The third-order valence-corrected chi connectivity index (χ3v) is 5.61. The second kappa shape index (κ2) is 9.60. The fourth-order valence-electron chi connectivity index (χ4n) is 3.79. The van der Waals surface area contributed by atoms with Crippen molar-refractivity contribution in [3.05, 3.63) is 41.2 Å². The first kappa shape index (κ1) is 24.6. The van der Waals surface area contributed by atoms with Crippen LogP contribution in [0.4, 0.5) is 0 Å². The molecule has 0 radical (unpaired) electrons. The average molecular weight is 492 g/mol. The Labute approximate surface area is 198 Å². The molecule has 2 aromatic carbocycles. The van der Waals surface area contributed by atoms with Crippen molar-refractivity contribution in [2.75, 3.05) is 20.8 Å². The number of methoxy groups -OCH3 is 2. The van der Waals surface area contributed by atoms with E-state index in [2.05, 4.69) is 0 Å². The number of phenols is 2. The minimum atomic E-state index is -1.73. The summed E-state index contributed by atoms with van der Waals surface area (Å²) in [5.41, 5.74) is 0.303. The number of fused-ring (bicyclic) bond motifs is 1. The predicted molar refractivity (Wildman–Crippen MR) is 117 cm³/mol. The molecule has 188 valence electrons. The van der Waals surface area contributed by atoms with Crippen LogP contribution in [0.25, 0.3) is 6.08 Å². The van der Waals surface area contributed by atoms with Crippen molar-refractivity contribution in [1.82, 2.24) is 0 Å². The molecule has 0 aromatic heterocycles. The molecule has 0 aliphatic carbocycles. The maximum atomic E-state index is 13.2. The summed E-state index contributed by atoms with van der Waals surface area (Å²) in [6, 6.07) is 5.18. The summed E-state index contributed by atoms with van der Waals surface area (Å²) in [5.74, 6) is -1.40. The molecule has 5 atom stereocenters. The quantitative estimate of drug-likeness (QED) is 0.295. The van der Waals surface area contributed by atoms with E-state index in [1.54, 1.807) is 0 Å². The number of benzene rings is 2. The molecular weight excluding hydrogens is 468 g/mol. The zero-order valence-corrected chi connectivity index (χ0v) is 18.6. The third-order valence-electron chi connectivity index (χ3n) is 5.61. The monoisotopic (exact) mass is 492 g/mol. The number of carbonyl (C=O) groups excluding carboxylic acids is 1. The first-order chi connectivity index (χ1) is 16.7. The number of hydrogen-bond donors (Lipinski definition) is 6. The molecule has 1 saturated heterocycles. The van der Waals surface area contributed by atoms with Gasteiger partial charge in [-0.05, 0) is 23.8 Å². The topological polar surface area (TPSA) is 185 Å². The summed E-state index contributed by atoms with van der Waals surface area (Å²) >= 11 is 0. The van der Waals surface area contributed by atoms with E-state index in [4.69, 9.17) is 23.7 Å². The number of allylic oxidation sites excluding steroid dienone is 1. The van der Waals surface area contributed by atoms with E-state index in [9.17, 15) is 35.4 Å². The molecule has 0 spiro atoms. The first-order valence-corrected chi connectivity index (χ1v) is 10.4. The summed E-state index contributed by atoms with van der Waals surface area (Å²) in [7, 11) is 2.70. The van der Waals surface area contributed by atoms with Crippen molar-refractivity contribution < 1.29 is 59.1 Å². The van der Waals surface area contributed by atoms with E-state index in [-0.39, 0.29) is 45.8 Å². The van der Waals surface area contributed by atoms with Gasteiger partial charge >= 0.3 is 0 Å².